The highest BCUT2D eigenvalue weighted by molar-refractivity contribution is 6.00. The van der Waals surface area contributed by atoms with Crippen LogP contribution in [0.3, 0.4) is 0 Å². The molecule has 0 atom stereocenters. The molecule has 0 spiro atoms. The summed E-state index contributed by atoms with van der Waals surface area (Å²) in [4.78, 5) is 23.6. The molecule has 0 unspecified atom stereocenters. The fourth-order valence-electron chi connectivity index (χ4n) is 4.55. The van der Waals surface area contributed by atoms with Gasteiger partial charge in [0, 0.05) is 42.1 Å². The van der Waals surface area contributed by atoms with Gasteiger partial charge in [-0.15, -0.1) is 0 Å². The predicted octanol–water partition coefficient (Wildman–Crippen LogP) is 4.83. The number of aromatic nitrogens is 4. The molecule has 0 saturated carbocycles. The number of anilines is 1. The van der Waals surface area contributed by atoms with Crippen molar-refractivity contribution >= 4 is 33.5 Å². The number of hydrogen-bond donors (Lipinski definition) is 2. The van der Waals surface area contributed by atoms with E-state index in [1.165, 1.54) is 0 Å². The van der Waals surface area contributed by atoms with Crippen LogP contribution in [-0.4, -0.2) is 57.7 Å². The highest BCUT2D eigenvalue weighted by atomic mass is 16.1. The standard InChI is InChI=1S/C29H31N7O/c1-18(2)27-26-22(20-15-19-7-5-6-8-24(19)33-17-20)11-12-32-29(26)36(34-27)21-9-10-23(28(30)37)25(16-21)31-13-14-35(3)4/h5-12,15-18,31H,13-14H2,1-4H3,(H2,30,37). The third-order valence-electron chi connectivity index (χ3n) is 6.43. The molecule has 5 rings (SSSR count). The van der Waals surface area contributed by atoms with Crippen molar-refractivity contribution in [2.24, 2.45) is 5.73 Å². The van der Waals surface area contributed by atoms with Gasteiger partial charge in [0.1, 0.15) is 0 Å². The van der Waals surface area contributed by atoms with E-state index in [0.717, 1.165) is 51.0 Å². The number of primary amides is 1. The fourth-order valence-corrected chi connectivity index (χ4v) is 4.55. The van der Waals surface area contributed by atoms with E-state index < -0.39 is 5.91 Å². The quantitative estimate of drug-likeness (QED) is 0.321. The Labute approximate surface area is 216 Å². The molecule has 3 aromatic heterocycles. The van der Waals surface area contributed by atoms with Crippen molar-refractivity contribution in [1.82, 2.24) is 24.6 Å². The van der Waals surface area contributed by atoms with Crippen LogP contribution in [0.5, 0.6) is 0 Å². The zero-order valence-electron chi connectivity index (χ0n) is 21.6. The number of para-hydroxylation sites is 1. The molecule has 0 aliphatic rings. The van der Waals surface area contributed by atoms with Crippen LogP contribution in [0.1, 0.15) is 35.8 Å². The summed E-state index contributed by atoms with van der Waals surface area (Å²) in [6.07, 6.45) is 3.72. The SMILES string of the molecule is CC(C)c1nn(-c2ccc(C(N)=O)c(NCCN(C)C)c2)c2nccc(-c3cnc4ccccc4c3)c12. The van der Waals surface area contributed by atoms with E-state index in [-0.39, 0.29) is 5.92 Å². The number of nitrogens with two attached hydrogens (primary N) is 1. The van der Waals surface area contributed by atoms with E-state index in [4.69, 9.17) is 15.8 Å². The number of pyridine rings is 2. The summed E-state index contributed by atoms with van der Waals surface area (Å²) in [5, 5.41) is 10.4. The Hall–Kier alpha value is -4.30. The fraction of sp³-hybridized carbons (Fsp3) is 0.241. The van der Waals surface area contributed by atoms with Gasteiger partial charge in [0.05, 0.1) is 27.8 Å². The van der Waals surface area contributed by atoms with Gasteiger partial charge in [-0.1, -0.05) is 32.0 Å². The normalized spacial score (nSPS) is 11.6. The van der Waals surface area contributed by atoms with Crippen LogP contribution in [0.25, 0.3) is 38.8 Å². The van der Waals surface area contributed by atoms with Crippen molar-refractivity contribution in [2.45, 2.75) is 19.8 Å². The van der Waals surface area contributed by atoms with Crippen LogP contribution in [0.15, 0.2) is 67.0 Å². The van der Waals surface area contributed by atoms with E-state index in [1.54, 1.807) is 6.07 Å². The zero-order valence-corrected chi connectivity index (χ0v) is 21.6. The molecule has 1 amide bonds. The molecule has 8 nitrogen and oxygen atoms in total. The third-order valence-corrected chi connectivity index (χ3v) is 6.43. The van der Waals surface area contributed by atoms with E-state index in [0.29, 0.717) is 17.8 Å². The van der Waals surface area contributed by atoms with Crippen molar-refractivity contribution < 1.29 is 4.79 Å². The van der Waals surface area contributed by atoms with Crippen molar-refractivity contribution in [2.75, 3.05) is 32.5 Å². The summed E-state index contributed by atoms with van der Waals surface area (Å²) >= 11 is 0. The predicted molar refractivity (Wildman–Crippen MR) is 149 cm³/mol. The summed E-state index contributed by atoms with van der Waals surface area (Å²) in [6, 6.07) is 17.8. The van der Waals surface area contributed by atoms with Gasteiger partial charge in [0.2, 0.25) is 0 Å². The van der Waals surface area contributed by atoms with Crippen LogP contribution in [0.2, 0.25) is 0 Å². The Morgan fingerprint density at radius 3 is 2.65 bits per heavy atom. The number of likely N-dealkylation sites (N-methyl/N-ethyl adjacent to an activating group) is 1. The number of nitrogens with one attached hydrogen (secondary N) is 1. The van der Waals surface area contributed by atoms with E-state index >= 15 is 0 Å². The van der Waals surface area contributed by atoms with Crippen molar-refractivity contribution in [3.05, 3.63) is 78.2 Å². The number of carbonyl (C=O) groups excluding carboxylic acids is 1. The molecule has 0 aliphatic carbocycles. The molecule has 3 heterocycles. The lowest BCUT2D eigenvalue weighted by atomic mass is 9.98. The topological polar surface area (TPSA) is 102 Å². The Balaban J connectivity index is 1.67. The summed E-state index contributed by atoms with van der Waals surface area (Å²) in [5.74, 6) is -0.306. The average Bonchev–Trinajstić information content (AvgIpc) is 3.28. The highest BCUT2D eigenvalue weighted by Gasteiger charge is 2.21. The smallest absolute Gasteiger partial charge is 0.250 e. The molecule has 2 aromatic carbocycles. The van der Waals surface area contributed by atoms with Crippen LogP contribution in [0.4, 0.5) is 5.69 Å². The monoisotopic (exact) mass is 493 g/mol. The number of rotatable bonds is 8. The molecule has 8 heteroatoms. The van der Waals surface area contributed by atoms with Gasteiger partial charge in [-0.2, -0.15) is 5.10 Å². The van der Waals surface area contributed by atoms with Gasteiger partial charge >= 0.3 is 0 Å². The molecule has 0 radical (unpaired) electrons. The summed E-state index contributed by atoms with van der Waals surface area (Å²) in [5.41, 5.74) is 12.3. The van der Waals surface area contributed by atoms with Crippen LogP contribution in [-0.2, 0) is 0 Å². The molecule has 188 valence electrons. The van der Waals surface area contributed by atoms with Gasteiger partial charge < -0.3 is 16.0 Å². The first kappa shape index (κ1) is 24.4. The summed E-state index contributed by atoms with van der Waals surface area (Å²) in [7, 11) is 4.01. The number of carbonyl (C=O) groups is 1. The first-order chi connectivity index (χ1) is 17.8. The van der Waals surface area contributed by atoms with E-state index in [1.807, 2.05) is 67.6 Å². The maximum absolute atomic E-state index is 12.1. The van der Waals surface area contributed by atoms with E-state index in [9.17, 15) is 4.79 Å². The second-order valence-electron chi connectivity index (χ2n) is 9.75. The largest absolute Gasteiger partial charge is 0.383 e. The third kappa shape index (κ3) is 4.75. The maximum Gasteiger partial charge on any atom is 0.250 e. The average molecular weight is 494 g/mol. The molecule has 0 fully saturated rings. The Bertz CT molecular complexity index is 1600. The lowest BCUT2D eigenvalue weighted by Crippen LogP contribution is -2.22. The highest BCUT2D eigenvalue weighted by Crippen LogP contribution is 2.35. The lowest BCUT2D eigenvalue weighted by Gasteiger charge is -2.15. The molecule has 0 aliphatic heterocycles. The molecular formula is C29H31N7O. The minimum absolute atomic E-state index is 0.169. The number of benzene rings is 2. The first-order valence-electron chi connectivity index (χ1n) is 12.4. The van der Waals surface area contributed by atoms with Crippen molar-refractivity contribution in [1.29, 1.82) is 0 Å². The van der Waals surface area contributed by atoms with Crippen molar-refractivity contribution in [3.63, 3.8) is 0 Å². The summed E-state index contributed by atoms with van der Waals surface area (Å²) in [6.45, 7) is 5.75. The van der Waals surface area contributed by atoms with Gasteiger partial charge in [0.25, 0.3) is 5.91 Å². The van der Waals surface area contributed by atoms with Gasteiger partial charge in [-0.3, -0.25) is 9.78 Å². The number of fused-ring (bicyclic) bond motifs is 2. The Kier molecular flexibility index (Phi) is 6.58. The minimum Gasteiger partial charge on any atom is -0.383 e. The van der Waals surface area contributed by atoms with Crippen LogP contribution >= 0.6 is 0 Å². The number of amides is 1. The molecule has 5 aromatic rings. The number of hydrogen-bond acceptors (Lipinski definition) is 6. The number of nitrogens with zero attached hydrogens (tertiary/aromatic N) is 5. The molecule has 3 N–H and O–H groups in total. The molecule has 0 saturated heterocycles. The lowest BCUT2D eigenvalue weighted by molar-refractivity contribution is 0.100. The second-order valence-corrected chi connectivity index (χ2v) is 9.75. The van der Waals surface area contributed by atoms with Gasteiger partial charge in [0.15, 0.2) is 5.65 Å². The zero-order chi connectivity index (χ0) is 26.1. The first-order valence-corrected chi connectivity index (χ1v) is 12.4. The Morgan fingerprint density at radius 2 is 1.89 bits per heavy atom. The van der Waals surface area contributed by atoms with Crippen LogP contribution in [0, 0.1) is 0 Å². The Morgan fingerprint density at radius 1 is 1.08 bits per heavy atom. The van der Waals surface area contributed by atoms with Crippen LogP contribution < -0.4 is 11.1 Å². The maximum atomic E-state index is 12.1. The van der Waals surface area contributed by atoms with Gasteiger partial charge in [-0.05, 0) is 62.0 Å². The van der Waals surface area contributed by atoms with E-state index in [2.05, 4.69) is 41.2 Å². The molecule has 0 bridgehead atoms. The molecular weight excluding hydrogens is 462 g/mol. The van der Waals surface area contributed by atoms with Crippen molar-refractivity contribution in [3.8, 4) is 16.8 Å². The minimum atomic E-state index is -0.476. The second kappa shape index (κ2) is 9.99. The van der Waals surface area contributed by atoms with Gasteiger partial charge in [-0.25, -0.2) is 9.67 Å². The molecule has 37 heavy (non-hydrogen) atoms. The summed E-state index contributed by atoms with van der Waals surface area (Å²) < 4.78 is 1.85.